The van der Waals surface area contributed by atoms with Crippen LogP contribution >= 0.6 is 0 Å². The lowest BCUT2D eigenvalue weighted by Crippen LogP contribution is -2.46. The molecule has 1 aliphatic carbocycles. The number of hydrogen-bond donors (Lipinski definition) is 1. The minimum atomic E-state index is -0.0896. The Morgan fingerprint density at radius 1 is 0.882 bits per heavy atom. The van der Waals surface area contributed by atoms with Gasteiger partial charge in [-0.05, 0) is 56.1 Å². The highest BCUT2D eigenvalue weighted by Gasteiger charge is 2.44. The smallest absolute Gasteiger partial charge is 0.270 e. The molecular weight excluding hydrogens is 426 g/mol. The highest BCUT2D eigenvalue weighted by Crippen LogP contribution is 2.44. The second-order valence-corrected chi connectivity index (χ2v) is 10.8. The Morgan fingerprint density at radius 3 is 2.38 bits per heavy atom. The molecule has 0 spiro atoms. The lowest BCUT2D eigenvalue weighted by molar-refractivity contribution is 0.0903. The van der Waals surface area contributed by atoms with Gasteiger partial charge in [-0.2, -0.15) is 0 Å². The monoisotopic (exact) mass is 463 g/mol. The number of amides is 1. The number of carbonyl (C=O) groups excluding carboxylic acids is 1. The summed E-state index contributed by atoms with van der Waals surface area (Å²) in [4.78, 5) is 34.2. The first-order valence-electron chi connectivity index (χ1n) is 13.4. The van der Waals surface area contributed by atoms with Crippen LogP contribution in [0.5, 0.6) is 0 Å². The first-order valence-corrected chi connectivity index (χ1v) is 13.4. The van der Waals surface area contributed by atoms with Crippen LogP contribution in [-0.2, 0) is 0 Å². The molecule has 1 saturated carbocycles. The van der Waals surface area contributed by atoms with Gasteiger partial charge in [0.25, 0.3) is 5.91 Å². The van der Waals surface area contributed by atoms with Gasteiger partial charge in [0.1, 0.15) is 11.2 Å². The molecule has 3 aliphatic heterocycles. The molecule has 0 bridgehead atoms. The average molecular weight is 464 g/mol. The van der Waals surface area contributed by atoms with Crippen molar-refractivity contribution in [2.45, 2.75) is 51.0 Å². The summed E-state index contributed by atoms with van der Waals surface area (Å²) in [6.07, 6.45) is 10.2. The van der Waals surface area contributed by atoms with Gasteiger partial charge < -0.3 is 20.0 Å². The zero-order valence-corrected chi connectivity index (χ0v) is 20.2. The summed E-state index contributed by atoms with van der Waals surface area (Å²) in [5.41, 5.74) is 1.93. The van der Waals surface area contributed by atoms with Gasteiger partial charge in [-0.15, -0.1) is 0 Å². The largest absolute Gasteiger partial charge is 0.348 e. The lowest BCUT2D eigenvalue weighted by Gasteiger charge is -2.33. The van der Waals surface area contributed by atoms with Crippen molar-refractivity contribution in [2.75, 3.05) is 57.3 Å². The molecule has 1 amide bonds. The Labute approximate surface area is 202 Å². The second-order valence-electron chi connectivity index (χ2n) is 10.8. The van der Waals surface area contributed by atoms with Gasteiger partial charge in [0.05, 0.1) is 11.7 Å². The molecule has 182 valence electrons. The number of rotatable bonds is 6. The van der Waals surface area contributed by atoms with Crippen LogP contribution in [0.2, 0.25) is 0 Å². The van der Waals surface area contributed by atoms with E-state index in [-0.39, 0.29) is 11.9 Å². The normalized spacial score (nSPS) is 26.4. The summed E-state index contributed by atoms with van der Waals surface area (Å²) in [5.74, 6) is 2.71. The van der Waals surface area contributed by atoms with Crippen molar-refractivity contribution in [1.29, 1.82) is 0 Å². The number of carbonyl (C=O) groups is 1. The molecule has 2 aromatic rings. The van der Waals surface area contributed by atoms with Crippen LogP contribution in [0.15, 0.2) is 18.3 Å². The number of anilines is 1. The Hall–Kier alpha value is -2.32. The fraction of sp³-hybridized carbons (Fsp3) is 0.692. The summed E-state index contributed by atoms with van der Waals surface area (Å²) >= 11 is 0. The van der Waals surface area contributed by atoms with Crippen LogP contribution in [0.1, 0.15) is 55.4 Å². The second kappa shape index (κ2) is 9.74. The number of piperidine rings is 2. The molecule has 4 fully saturated rings. The van der Waals surface area contributed by atoms with Crippen molar-refractivity contribution in [3.05, 3.63) is 24.0 Å². The number of nitrogens with one attached hydrogen (secondary N) is 1. The maximum absolute atomic E-state index is 12.9. The number of likely N-dealkylation sites (tertiary alicyclic amines) is 2. The van der Waals surface area contributed by atoms with Crippen LogP contribution in [0, 0.1) is 11.8 Å². The summed E-state index contributed by atoms with van der Waals surface area (Å²) in [5, 5.41) is 3.21. The van der Waals surface area contributed by atoms with E-state index in [1.165, 1.54) is 51.7 Å². The van der Waals surface area contributed by atoms with Crippen molar-refractivity contribution in [2.24, 2.45) is 11.8 Å². The first kappa shape index (κ1) is 22.2. The van der Waals surface area contributed by atoms with Crippen molar-refractivity contribution in [3.8, 4) is 0 Å². The van der Waals surface area contributed by atoms with E-state index in [1.54, 1.807) is 12.3 Å². The van der Waals surface area contributed by atoms with E-state index >= 15 is 0 Å². The molecule has 8 nitrogen and oxygen atoms in total. The van der Waals surface area contributed by atoms with Crippen LogP contribution < -0.4 is 10.2 Å². The van der Waals surface area contributed by atoms with Gasteiger partial charge in [-0.3, -0.25) is 4.79 Å². The predicted octanol–water partition coefficient (Wildman–Crippen LogP) is 2.55. The van der Waals surface area contributed by atoms with E-state index in [4.69, 9.17) is 4.98 Å². The average Bonchev–Trinajstić information content (AvgIpc) is 3.57. The molecule has 34 heavy (non-hydrogen) atoms. The third-order valence-electron chi connectivity index (χ3n) is 8.26. The number of pyridine rings is 1. The molecule has 0 aromatic carbocycles. The minimum Gasteiger partial charge on any atom is -0.348 e. The third kappa shape index (κ3) is 5.03. The molecular formula is C26H37N7O. The zero-order chi connectivity index (χ0) is 22.9. The fourth-order valence-corrected chi connectivity index (χ4v) is 5.98. The maximum atomic E-state index is 12.9. The highest BCUT2D eigenvalue weighted by atomic mass is 16.1. The summed E-state index contributed by atoms with van der Waals surface area (Å²) in [7, 11) is 0. The molecule has 0 radical (unpaired) electrons. The third-order valence-corrected chi connectivity index (χ3v) is 8.26. The van der Waals surface area contributed by atoms with Gasteiger partial charge in [0.15, 0.2) is 0 Å². The zero-order valence-electron chi connectivity index (χ0n) is 20.2. The Bertz CT molecular complexity index is 1000. The van der Waals surface area contributed by atoms with E-state index in [0.29, 0.717) is 11.2 Å². The summed E-state index contributed by atoms with van der Waals surface area (Å²) < 4.78 is 0. The Balaban J connectivity index is 1.00. The van der Waals surface area contributed by atoms with E-state index in [1.807, 2.05) is 6.07 Å². The van der Waals surface area contributed by atoms with Crippen LogP contribution in [0.4, 0.5) is 5.95 Å². The standard InChI is InChI=1S/C26H37N7O/c34-25(28-21-7-11-31(12-8-21)13-14-32-17-19-15-20(19)18-32)23-6-5-22-24(29-23)16-27-26(30-22)33-9-3-1-2-4-10-33/h5-6,16,19-21H,1-4,7-15,17-18H2,(H,28,34). The lowest BCUT2D eigenvalue weighted by atomic mass is 10.0. The van der Waals surface area contributed by atoms with E-state index in [2.05, 4.69) is 30.0 Å². The van der Waals surface area contributed by atoms with Gasteiger partial charge in [-0.25, -0.2) is 15.0 Å². The quantitative estimate of drug-likeness (QED) is 0.705. The van der Waals surface area contributed by atoms with Gasteiger partial charge in [0, 0.05) is 58.4 Å². The molecule has 2 unspecified atom stereocenters. The number of aromatic nitrogens is 3. The number of fused-ring (bicyclic) bond motifs is 2. The van der Waals surface area contributed by atoms with Crippen molar-refractivity contribution in [1.82, 2.24) is 30.1 Å². The molecule has 4 aliphatic rings. The SMILES string of the molecule is O=C(NC1CCN(CCN2CC3CC3C2)CC1)c1ccc2nc(N3CCCCCC3)ncc2n1. The van der Waals surface area contributed by atoms with Crippen molar-refractivity contribution in [3.63, 3.8) is 0 Å². The van der Waals surface area contributed by atoms with E-state index < -0.39 is 0 Å². The first-order chi connectivity index (χ1) is 16.7. The van der Waals surface area contributed by atoms with E-state index in [9.17, 15) is 4.79 Å². The Morgan fingerprint density at radius 2 is 1.62 bits per heavy atom. The van der Waals surface area contributed by atoms with E-state index in [0.717, 1.165) is 68.9 Å². The van der Waals surface area contributed by atoms with Gasteiger partial charge in [0.2, 0.25) is 5.95 Å². The van der Waals surface area contributed by atoms with Gasteiger partial charge in [-0.1, -0.05) is 12.8 Å². The minimum absolute atomic E-state index is 0.0896. The van der Waals surface area contributed by atoms with Gasteiger partial charge >= 0.3 is 0 Å². The maximum Gasteiger partial charge on any atom is 0.270 e. The molecule has 3 saturated heterocycles. The summed E-state index contributed by atoms with van der Waals surface area (Å²) in [6.45, 7) is 9.14. The van der Waals surface area contributed by atoms with Crippen LogP contribution in [-0.4, -0.2) is 89.1 Å². The highest BCUT2D eigenvalue weighted by molar-refractivity contribution is 5.94. The van der Waals surface area contributed by atoms with Crippen LogP contribution in [0.25, 0.3) is 11.0 Å². The molecule has 2 atom stereocenters. The molecule has 8 heteroatoms. The molecule has 1 N–H and O–H groups in total. The molecule has 6 rings (SSSR count). The number of nitrogens with zero attached hydrogens (tertiary/aromatic N) is 6. The fourth-order valence-electron chi connectivity index (χ4n) is 5.98. The number of hydrogen-bond acceptors (Lipinski definition) is 7. The molecule has 2 aromatic heterocycles. The predicted molar refractivity (Wildman–Crippen MR) is 133 cm³/mol. The van der Waals surface area contributed by atoms with Crippen molar-refractivity contribution >= 4 is 22.9 Å². The Kier molecular flexibility index (Phi) is 6.35. The summed E-state index contributed by atoms with van der Waals surface area (Å²) in [6, 6.07) is 3.93. The van der Waals surface area contributed by atoms with Crippen molar-refractivity contribution < 1.29 is 4.79 Å². The topological polar surface area (TPSA) is 77.5 Å². The van der Waals surface area contributed by atoms with Crippen LogP contribution in [0.3, 0.4) is 0 Å². The molecule has 5 heterocycles.